The van der Waals surface area contributed by atoms with Crippen LogP contribution in [0.4, 0.5) is 0 Å². The summed E-state index contributed by atoms with van der Waals surface area (Å²) in [6, 6.07) is 9.95. The second-order valence-corrected chi connectivity index (χ2v) is 8.42. The van der Waals surface area contributed by atoms with Crippen LogP contribution < -0.4 is 10.5 Å². The van der Waals surface area contributed by atoms with Gasteiger partial charge in [0.1, 0.15) is 12.4 Å². The van der Waals surface area contributed by atoms with Gasteiger partial charge in [-0.15, -0.1) is 0 Å². The lowest BCUT2D eigenvalue weighted by Crippen LogP contribution is -2.44. The first-order valence-corrected chi connectivity index (χ1v) is 10.8. The number of nitrogens with zero attached hydrogens (tertiary/aromatic N) is 2. The van der Waals surface area contributed by atoms with Crippen LogP contribution in [0.3, 0.4) is 0 Å². The van der Waals surface area contributed by atoms with Crippen LogP contribution in [0.15, 0.2) is 53.7 Å². The van der Waals surface area contributed by atoms with E-state index >= 15 is 0 Å². The Bertz CT molecular complexity index is 797. The Morgan fingerprint density at radius 1 is 1.19 bits per heavy atom. The second-order valence-electron chi connectivity index (χ2n) is 6.48. The molecule has 1 aromatic carbocycles. The van der Waals surface area contributed by atoms with E-state index in [2.05, 4.69) is 4.98 Å². The predicted molar refractivity (Wildman–Crippen MR) is 107 cm³/mol. The maximum absolute atomic E-state index is 13.0. The maximum Gasteiger partial charge on any atom is 0.243 e. The van der Waals surface area contributed by atoms with E-state index in [1.165, 1.54) is 4.31 Å². The molecule has 0 aliphatic rings. The van der Waals surface area contributed by atoms with Gasteiger partial charge in [0.05, 0.1) is 17.1 Å². The number of rotatable bonds is 11. The molecule has 0 radical (unpaired) electrons. The fraction of sp³-hybridized carbons (Fsp3) is 0.450. The molecule has 1 atom stereocenters. The van der Waals surface area contributed by atoms with E-state index in [0.29, 0.717) is 12.3 Å². The number of benzene rings is 1. The Morgan fingerprint density at radius 2 is 1.93 bits per heavy atom. The summed E-state index contributed by atoms with van der Waals surface area (Å²) in [6.45, 7) is 4.95. The number of sulfonamides is 1. The van der Waals surface area contributed by atoms with Gasteiger partial charge in [0.2, 0.25) is 10.0 Å². The maximum atomic E-state index is 13.0. The average molecular weight is 392 g/mol. The molecule has 0 saturated heterocycles. The van der Waals surface area contributed by atoms with Gasteiger partial charge >= 0.3 is 0 Å². The quantitative estimate of drug-likeness (QED) is 0.637. The van der Waals surface area contributed by atoms with Gasteiger partial charge in [0.25, 0.3) is 0 Å². The third kappa shape index (κ3) is 6.30. The van der Waals surface area contributed by atoms with Crippen molar-refractivity contribution in [2.24, 2.45) is 5.73 Å². The Kier molecular flexibility index (Phi) is 8.22. The third-order valence-corrected chi connectivity index (χ3v) is 6.10. The number of nitrogens with two attached hydrogens (primary N) is 1. The molecule has 1 heterocycles. The Balaban J connectivity index is 2.04. The molecule has 0 aliphatic carbocycles. The summed E-state index contributed by atoms with van der Waals surface area (Å²) < 4.78 is 33.1. The lowest BCUT2D eigenvalue weighted by Gasteiger charge is -2.25. The first-order valence-electron chi connectivity index (χ1n) is 9.34. The van der Waals surface area contributed by atoms with E-state index in [9.17, 15) is 8.42 Å². The van der Waals surface area contributed by atoms with Crippen molar-refractivity contribution in [3.05, 3.63) is 54.4 Å². The Labute approximate surface area is 162 Å². The van der Waals surface area contributed by atoms with Crippen molar-refractivity contribution in [1.82, 2.24) is 9.29 Å². The summed E-state index contributed by atoms with van der Waals surface area (Å²) in [5, 5.41) is 0. The van der Waals surface area contributed by atoms with Crippen molar-refractivity contribution in [3.63, 3.8) is 0 Å². The highest BCUT2D eigenvalue weighted by Crippen LogP contribution is 2.17. The molecule has 2 aromatic rings. The van der Waals surface area contributed by atoms with E-state index in [0.717, 1.165) is 24.8 Å². The SMILES string of the molecule is CCCCN(C[C@H](N)COc1cncc(CC)c1)S(=O)(=O)c1ccccc1. The molecule has 0 aliphatic heterocycles. The monoisotopic (exact) mass is 391 g/mol. The van der Waals surface area contributed by atoms with Gasteiger partial charge in [0.15, 0.2) is 0 Å². The van der Waals surface area contributed by atoms with Crippen molar-refractivity contribution in [1.29, 1.82) is 0 Å². The number of hydrogen-bond donors (Lipinski definition) is 1. The molecule has 6 nitrogen and oxygen atoms in total. The highest BCUT2D eigenvalue weighted by molar-refractivity contribution is 7.89. The van der Waals surface area contributed by atoms with Gasteiger partial charge in [-0.25, -0.2) is 8.42 Å². The third-order valence-electron chi connectivity index (χ3n) is 4.22. The lowest BCUT2D eigenvalue weighted by atomic mass is 10.2. The van der Waals surface area contributed by atoms with E-state index in [4.69, 9.17) is 10.5 Å². The summed E-state index contributed by atoms with van der Waals surface area (Å²) in [5.41, 5.74) is 7.27. The molecule has 27 heavy (non-hydrogen) atoms. The molecular weight excluding hydrogens is 362 g/mol. The van der Waals surface area contributed by atoms with Gasteiger partial charge in [0, 0.05) is 19.3 Å². The van der Waals surface area contributed by atoms with Crippen LogP contribution in [-0.4, -0.2) is 43.4 Å². The van der Waals surface area contributed by atoms with Crippen LogP contribution in [0, 0.1) is 0 Å². The van der Waals surface area contributed by atoms with E-state index in [1.807, 2.05) is 19.9 Å². The fourth-order valence-electron chi connectivity index (χ4n) is 2.64. The predicted octanol–water partition coefficient (Wildman–Crippen LogP) is 2.84. The zero-order valence-corrected chi connectivity index (χ0v) is 16.9. The minimum Gasteiger partial charge on any atom is -0.490 e. The van der Waals surface area contributed by atoms with Crippen LogP contribution >= 0.6 is 0 Å². The lowest BCUT2D eigenvalue weighted by molar-refractivity contribution is 0.260. The largest absolute Gasteiger partial charge is 0.490 e. The molecule has 7 heteroatoms. The van der Waals surface area contributed by atoms with Crippen molar-refractivity contribution < 1.29 is 13.2 Å². The van der Waals surface area contributed by atoms with Crippen molar-refractivity contribution in [3.8, 4) is 5.75 Å². The van der Waals surface area contributed by atoms with Gasteiger partial charge in [-0.2, -0.15) is 4.31 Å². The van der Waals surface area contributed by atoms with Crippen LogP contribution in [0.1, 0.15) is 32.3 Å². The summed E-state index contributed by atoms with van der Waals surface area (Å²) >= 11 is 0. The number of hydrogen-bond acceptors (Lipinski definition) is 5. The topological polar surface area (TPSA) is 85.5 Å². The standard InChI is InChI=1S/C20H29N3O3S/c1-3-5-11-23(27(24,25)20-9-7-6-8-10-20)15-18(21)16-26-19-12-17(4-2)13-22-14-19/h6-10,12-14,18H,3-5,11,15-16,21H2,1-2H3/t18-/m0/s1. The van der Waals surface area contributed by atoms with E-state index in [1.54, 1.807) is 42.7 Å². The number of aryl methyl sites for hydroxylation is 1. The van der Waals surface area contributed by atoms with Crippen molar-refractivity contribution in [2.75, 3.05) is 19.7 Å². The van der Waals surface area contributed by atoms with E-state index < -0.39 is 16.1 Å². The first kappa shape index (κ1) is 21.3. The molecule has 148 valence electrons. The summed E-state index contributed by atoms with van der Waals surface area (Å²) in [6.07, 6.45) is 5.99. The van der Waals surface area contributed by atoms with Crippen LogP contribution in [0.25, 0.3) is 0 Å². The minimum absolute atomic E-state index is 0.206. The molecular formula is C20H29N3O3S. The molecule has 0 saturated carbocycles. The molecule has 0 unspecified atom stereocenters. The Hall–Kier alpha value is -1.96. The first-order chi connectivity index (χ1) is 13.0. The van der Waals surface area contributed by atoms with Crippen molar-refractivity contribution in [2.45, 2.75) is 44.0 Å². The Morgan fingerprint density at radius 3 is 2.59 bits per heavy atom. The molecule has 2 N–H and O–H groups in total. The normalized spacial score (nSPS) is 12.9. The summed E-state index contributed by atoms with van der Waals surface area (Å²) in [5.74, 6) is 0.649. The number of ether oxygens (including phenoxy) is 1. The van der Waals surface area contributed by atoms with Gasteiger partial charge in [-0.1, -0.05) is 38.5 Å². The molecule has 0 amide bonds. The molecule has 0 fully saturated rings. The number of aromatic nitrogens is 1. The zero-order chi connectivity index (χ0) is 19.7. The highest BCUT2D eigenvalue weighted by atomic mass is 32.2. The molecule has 0 spiro atoms. The molecule has 1 aromatic heterocycles. The fourth-order valence-corrected chi connectivity index (χ4v) is 4.20. The van der Waals surface area contributed by atoms with Gasteiger partial charge in [-0.05, 0) is 36.6 Å². The number of pyridine rings is 1. The zero-order valence-electron chi connectivity index (χ0n) is 16.0. The average Bonchev–Trinajstić information content (AvgIpc) is 2.70. The highest BCUT2D eigenvalue weighted by Gasteiger charge is 2.25. The van der Waals surface area contributed by atoms with E-state index in [-0.39, 0.29) is 18.0 Å². The van der Waals surface area contributed by atoms with Crippen molar-refractivity contribution >= 4 is 10.0 Å². The van der Waals surface area contributed by atoms with Gasteiger partial charge < -0.3 is 10.5 Å². The number of unbranched alkanes of at least 4 members (excludes halogenated alkanes) is 1. The van der Waals surface area contributed by atoms with Crippen LogP contribution in [0.2, 0.25) is 0 Å². The van der Waals surface area contributed by atoms with Crippen LogP contribution in [-0.2, 0) is 16.4 Å². The van der Waals surface area contributed by atoms with Crippen LogP contribution in [0.5, 0.6) is 5.75 Å². The second kappa shape index (κ2) is 10.4. The minimum atomic E-state index is -3.58. The molecule has 0 bridgehead atoms. The summed E-state index contributed by atoms with van der Waals surface area (Å²) in [7, 11) is -3.58. The summed E-state index contributed by atoms with van der Waals surface area (Å²) in [4.78, 5) is 4.43. The van der Waals surface area contributed by atoms with Gasteiger partial charge in [-0.3, -0.25) is 4.98 Å². The molecule has 2 rings (SSSR count). The smallest absolute Gasteiger partial charge is 0.243 e.